The summed E-state index contributed by atoms with van der Waals surface area (Å²) in [5.74, 6) is -1.31. The molecule has 0 radical (unpaired) electrons. The van der Waals surface area contributed by atoms with Crippen molar-refractivity contribution >= 4 is 61.4 Å². The SMILES string of the molecule is Cn1c(Nc2nc3ccc(OC(F)(F)F)cc3s2)nc2cc(C(=O)NCCOCC(N)=O)ccc21.[NH-]CCOCC(N)=O. The number of hydrogen-bond acceptors (Lipinski definition) is 10. The second-order valence-corrected chi connectivity index (χ2v) is 9.59. The van der Waals surface area contributed by atoms with Gasteiger partial charge in [-0.25, -0.2) is 9.97 Å². The van der Waals surface area contributed by atoms with Crippen LogP contribution in [0.2, 0.25) is 0 Å². The van der Waals surface area contributed by atoms with E-state index in [2.05, 4.69) is 30.1 Å². The minimum absolute atomic E-state index is 0.0706. The molecule has 7 N–H and O–H groups in total. The Morgan fingerprint density at radius 1 is 1.00 bits per heavy atom. The van der Waals surface area contributed by atoms with Crippen LogP contribution in [0.3, 0.4) is 0 Å². The molecule has 4 aromatic rings. The first-order valence-electron chi connectivity index (χ1n) is 12.4. The summed E-state index contributed by atoms with van der Waals surface area (Å²) < 4.78 is 53.2. The average Bonchev–Trinajstić information content (AvgIpc) is 3.46. The van der Waals surface area contributed by atoms with Gasteiger partial charge in [-0.15, -0.1) is 19.7 Å². The summed E-state index contributed by atoms with van der Waals surface area (Å²) in [7, 11) is 1.77. The fourth-order valence-electron chi connectivity index (χ4n) is 3.46. The Kier molecular flexibility index (Phi) is 11.6. The largest absolute Gasteiger partial charge is 0.676 e. The van der Waals surface area contributed by atoms with Crippen LogP contribution in [-0.4, -0.2) is 78.1 Å². The predicted octanol–water partition coefficient (Wildman–Crippen LogP) is 2.60. The summed E-state index contributed by atoms with van der Waals surface area (Å²) in [6.07, 6.45) is -4.78. The first-order chi connectivity index (χ1) is 20.4. The third-order valence-electron chi connectivity index (χ3n) is 5.22. The normalized spacial score (nSPS) is 11.2. The molecule has 0 unspecified atom stereocenters. The fourth-order valence-corrected chi connectivity index (χ4v) is 4.35. The molecule has 2 aromatic heterocycles. The lowest BCUT2D eigenvalue weighted by Gasteiger charge is -2.07. The third kappa shape index (κ3) is 10.4. The number of aryl methyl sites for hydroxylation is 1. The van der Waals surface area contributed by atoms with Crippen LogP contribution in [0.4, 0.5) is 24.3 Å². The topological polar surface area (TPSA) is 210 Å². The van der Waals surface area contributed by atoms with Gasteiger partial charge in [-0.1, -0.05) is 11.3 Å². The van der Waals surface area contributed by atoms with Gasteiger partial charge >= 0.3 is 6.36 Å². The monoisotopic (exact) mass is 625 g/mol. The maximum absolute atomic E-state index is 12.5. The molecule has 2 aromatic carbocycles. The number of aromatic nitrogens is 3. The van der Waals surface area contributed by atoms with Crippen molar-refractivity contribution in [1.82, 2.24) is 19.9 Å². The number of amides is 3. The van der Waals surface area contributed by atoms with Gasteiger partial charge < -0.3 is 46.6 Å². The van der Waals surface area contributed by atoms with Crippen molar-refractivity contribution in [2.45, 2.75) is 6.36 Å². The molecular formula is C25H28F3N8O6S-. The summed E-state index contributed by atoms with van der Waals surface area (Å²) in [5.41, 5.74) is 18.4. The summed E-state index contributed by atoms with van der Waals surface area (Å²) in [5, 5.41) is 6.17. The van der Waals surface area contributed by atoms with E-state index in [0.717, 1.165) is 16.9 Å². The van der Waals surface area contributed by atoms with Gasteiger partial charge in [0.25, 0.3) is 5.91 Å². The Hall–Kier alpha value is -4.52. The van der Waals surface area contributed by atoms with Crippen LogP contribution in [0.1, 0.15) is 10.4 Å². The zero-order valence-corrected chi connectivity index (χ0v) is 23.5. The Morgan fingerprint density at radius 3 is 2.35 bits per heavy atom. The lowest BCUT2D eigenvalue weighted by Crippen LogP contribution is -2.28. The number of halogens is 3. The number of rotatable bonds is 13. The molecule has 14 nitrogen and oxygen atoms in total. The van der Waals surface area contributed by atoms with E-state index in [1.807, 2.05) is 0 Å². The number of carbonyl (C=O) groups excluding carboxylic acids is 3. The van der Waals surface area contributed by atoms with Gasteiger partial charge in [-0.05, 0) is 30.3 Å². The minimum atomic E-state index is -4.78. The number of anilines is 2. The van der Waals surface area contributed by atoms with E-state index >= 15 is 0 Å². The van der Waals surface area contributed by atoms with E-state index in [0.29, 0.717) is 32.4 Å². The van der Waals surface area contributed by atoms with Crippen molar-refractivity contribution in [3.05, 3.63) is 47.7 Å². The number of nitrogens with two attached hydrogens (primary N) is 2. The number of benzene rings is 2. The number of nitrogens with one attached hydrogen (secondary N) is 3. The van der Waals surface area contributed by atoms with Crippen LogP contribution < -0.4 is 26.8 Å². The molecular weight excluding hydrogens is 597 g/mol. The molecule has 3 amide bonds. The molecule has 0 spiro atoms. The summed E-state index contributed by atoms with van der Waals surface area (Å²) in [6.45, 7) is 0.505. The van der Waals surface area contributed by atoms with Crippen molar-refractivity contribution < 1.29 is 41.8 Å². The number of nitrogens with zero attached hydrogens (tertiary/aromatic N) is 3. The van der Waals surface area contributed by atoms with Crippen LogP contribution in [0.15, 0.2) is 36.4 Å². The van der Waals surface area contributed by atoms with Gasteiger partial charge in [0.2, 0.25) is 17.8 Å². The fraction of sp³-hybridized carbons (Fsp3) is 0.320. The Morgan fingerprint density at radius 2 is 1.70 bits per heavy atom. The minimum Gasteiger partial charge on any atom is -0.676 e. The van der Waals surface area contributed by atoms with Crippen LogP contribution in [-0.2, 0) is 26.1 Å². The Balaban J connectivity index is 0.000000557. The molecule has 232 valence electrons. The quantitative estimate of drug-likeness (QED) is 0.161. The van der Waals surface area contributed by atoms with Crippen molar-refractivity contribution in [2.75, 3.05) is 44.8 Å². The molecule has 0 fully saturated rings. The summed E-state index contributed by atoms with van der Waals surface area (Å²) in [6, 6.07) is 8.92. The van der Waals surface area contributed by atoms with E-state index in [1.54, 1.807) is 29.8 Å². The number of ether oxygens (including phenoxy) is 3. The Bertz CT molecular complexity index is 1580. The highest BCUT2D eigenvalue weighted by Gasteiger charge is 2.31. The molecule has 0 atom stereocenters. The van der Waals surface area contributed by atoms with Gasteiger partial charge in [0, 0.05) is 31.8 Å². The van der Waals surface area contributed by atoms with Crippen molar-refractivity contribution in [1.29, 1.82) is 0 Å². The number of primary amides is 2. The number of imidazole rings is 1. The molecule has 0 saturated heterocycles. The molecule has 4 rings (SSSR count). The van der Waals surface area contributed by atoms with E-state index in [-0.39, 0.29) is 51.2 Å². The number of fused-ring (bicyclic) bond motifs is 2. The zero-order valence-electron chi connectivity index (χ0n) is 22.7. The third-order valence-corrected chi connectivity index (χ3v) is 6.16. The second-order valence-electron chi connectivity index (χ2n) is 8.56. The van der Waals surface area contributed by atoms with E-state index in [1.165, 1.54) is 18.2 Å². The molecule has 43 heavy (non-hydrogen) atoms. The van der Waals surface area contributed by atoms with Crippen LogP contribution in [0, 0.1) is 0 Å². The summed E-state index contributed by atoms with van der Waals surface area (Å²) in [4.78, 5) is 41.8. The lowest BCUT2D eigenvalue weighted by molar-refractivity contribution is -0.274. The summed E-state index contributed by atoms with van der Waals surface area (Å²) >= 11 is 1.15. The maximum atomic E-state index is 12.5. The predicted molar refractivity (Wildman–Crippen MR) is 152 cm³/mol. The number of hydrogen-bond donors (Lipinski definition) is 4. The highest BCUT2D eigenvalue weighted by Crippen LogP contribution is 2.33. The average molecular weight is 626 g/mol. The number of alkyl halides is 3. The lowest BCUT2D eigenvalue weighted by atomic mass is 10.2. The molecule has 18 heteroatoms. The smallest absolute Gasteiger partial charge is 0.573 e. The maximum Gasteiger partial charge on any atom is 0.573 e. The number of thiazole rings is 1. The van der Waals surface area contributed by atoms with Crippen LogP contribution in [0.25, 0.3) is 27.0 Å². The number of carbonyl (C=O) groups is 3. The zero-order chi connectivity index (χ0) is 31.6. The van der Waals surface area contributed by atoms with Crippen molar-refractivity contribution in [3.63, 3.8) is 0 Å². The van der Waals surface area contributed by atoms with Gasteiger partial charge in [-0.2, -0.15) is 0 Å². The van der Waals surface area contributed by atoms with Crippen LogP contribution in [0.5, 0.6) is 5.75 Å². The van der Waals surface area contributed by atoms with Gasteiger partial charge in [0.05, 0.1) is 27.9 Å². The molecule has 0 bridgehead atoms. The van der Waals surface area contributed by atoms with Gasteiger partial charge in [0.1, 0.15) is 19.0 Å². The Labute approximate surface area is 246 Å². The van der Waals surface area contributed by atoms with Crippen molar-refractivity contribution in [2.24, 2.45) is 18.5 Å². The standard InChI is InChI=1S/C21H19F3N6O4S.C4H9N2O2/c1-30-15-5-2-11(18(32)26-6-7-33-10-17(25)31)8-14(15)27-19(30)29-20-28-13-4-3-12(9-16(13)35-20)34-21(22,23)24;5-1-2-8-3-4(6)7/h2-5,8-9H,6-7,10H2,1H3,(H2,25,31)(H,26,32)(H,27,28,29);5H,1-3H2,(H2,6,7)/q;-1. The first-order valence-corrected chi connectivity index (χ1v) is 13.2. The van der Waals surface area contributed by atoms with E-state index < -0.39 is 18.2 Å². The first kappa shape index (κ1) is 33.0. The molecule has 0 aliphatic carbocycles. The van der Waals surface area contributed by atoms with Gasteiger partial charge in [0.15, 0.2) is 5.13 Å². The molecule has 0 aliphatic heterocycles. The highest BCUT2D eigenvalue weighted by molar-refractivity contribution is 7.22. The van der Waals surface area contributed by atoms with Gasteiger partial charge in [-0.3, -0.25) is 14.4 Å². The molecule has 0 aliphatic rings. The van der Waals surface area contributed by atoms with Crippen LogP contribution >= 0.6 is 11.3 Å². The van der Waals surface area contributed by atoms with Crippen molar-refractivity contribution in [3.8, 4) is 5.75 Å². The molecule has 0 saturated carbocycles. The van der Waals surface area contributed by atoms with E-state index in [9.17, 15) is 27.6 Å². The second kappa shape index (κ2) is 15.1. The molecule has 2 heterocycles. The van der Waals surface area contributed by atoms with E-state index in [4.69, 9.17) is 21.9 Å². The highest BCUT2D eigenvalue weighted by atomic mass is 32.1.